The second-order valence-electron chi connectivity index (χ2n) is 5.90. The first-order chi connectivity index (χ1) is 11.7. The molecule has 0 saturated carbocycles. The molecule has 2 amide bonds. The summed E-state index contributed by atoms with van der Waals surface area (Å²) in [5, 5.41) is -0.231. The summed E-state index contributed by atoms with van der Waals surface area (Å²) in [5.74, 6) is 1.19. The Hall–Kier alpha value is -1.73. The number of hydrogen-bond donors (Lipinski definition) is 0. The topological polar surface area (TPSA) is 63.0 Å². The molecule has 3 rings (SSSR count). The summed E-state index contributed by atoms with van der Waals surface area (Å²) in [5.41, 5.74) is 0. The van der Waals surface area contributed by atoms with Crippen LogP contribution in [0, 0.1) is 0 Å². The molecule has 2 aliphatic heterocycles. The third-order valence-electron chi connectivity index (χ3n) is 4.16. The molecule has 1 aromatic rings. The number of carbonyl (C=O) groups is 2. The van der Waals surface area contributed by atoms with E-state index in [1.807, 2.05) is 12.1 Å². The van der Waals surface area contributed by atoms with E-state index >= 15 is 0 Å². The van der Waals surface area contributed by atoms with Gasteiger partial charge in [0.05, 0.1) is 4.91 Å². The molecule has 0 aliphatic carbocycles. The molecule has 0 N–H and O–H groups in total. The molecule has 24 heavy (non-hydrogen) atoms. The standard InChI is InChI=1S/C17H22N2O4S/c1-22-11-5-10-19-16(20)14(24-17(19)21)12-13-6-7-15(23-13)18-8-3-2-4-9-18/h6-7,12H,2-5,8-11H2,1H3/b14-12+. The minimum atomic E-state index is -0.253. The predicted molar refractivity (Wildman–Crippen MR) is 93.9 cm³/mol. The van der Waals surface area contributed by atoms with Crippen LogP contribution in [0.5, 0.6) is 0 Å². The Morgan fingerprint density at radius 2 is 2.04 bits per heavy atom. The van der Waals surface area contributed by atoms with Crippen LogP contribution in [0.15, 0.2) is 21.5 Å². The van der Waals surface area contributed by atoms with Crippen LogP contribution in [0.4, 0.5) is 10.7 Å². The Labute approximate surface area is 145 Å². The highest BCUT2D eigenvalue weighted by Crippen LogP contribution is 2.33. The second-order valence-corrected chi connectivity index (χ2v) is 6.90. The predicted octanol–water partition coefficient (Wildman–Crippen LogP) is 3.34. The summed E-state index contributed by atoms with van der Waals surface area (Å²) < 4.78 is 10.8. The van der Waals surface area contributed by atoms with Crippen molar-refractivity contribution >= 4 is 34.9 Å². The van der Waals surface area contributed by atoms with Gasteiger partial charge in [-0.05, 0) is 43.5 Å². The van der Waals surface area contributed by atoms with E-state index < -0.39 is 0 Å². The zero-order valence-corrected chi connectivity index (χ0v) is 14.6. The van der Waals surface area contributed by atoms with Crippen molar-refractivity contribution in [3.8, 4) is 0 Å². The SMILES string of the molecule is COCCCN1C(=O)S/C(=C/c2ccc(N3CCCCC3)o2)C1=O. The van der Waals surface area contributed by atoms with Gasteiger partial charge in [0.25, 0.3) is 11.1 Å². The minimum absolute atomic E-state index is 0.231. The molecule has 0 bridgehead atoms. The maximum atomic E-state index is 12.3. The highest BCUT2D eigenvalue weighted by molar-refractivity contribution is 8.18. The Morgan fingerprint density at radius 1 is 1.25 bits per heavy atom. The van der Waals surface area contributed by atoms with Gasteiger partial charge in [-0.1, -0.05) is 0 Å². The molecule has 0 radical (unpaired) electrons. The highest BCUT2D eigenvalue weighted by Gasteiger charge is 2.34. The number of anilines is 1. The third-order valence-corrected chi connectivity index (χ3v) is 5.06. The maximum absolute atomic E-state index is 12.3. The van der Waals surface area contributed by atoms with Gasteiger partial charge >= 0.3 is 0 Å². The fourth-order valence-corrected chi connectivity index (χ4v) is 3.74. The summed E-state index contributed by atoms with van der Waals surface area (Å²) in [6, 6.07) is 3.78. The van der Waals surface area contributed by atoms with Crippen molar-refractivity contribution in [1.29, 1.82) is 0 Å². The normalized spacial score (nSPS) is 20.5. The molecule has 0 atom stereocenters. The average Bonchev–Trinajstić information content (AvgIpc) is 3.16. The molecule has 6 nitrogen and oxygen atoms in total. The molecule has 0 unspecified atom stereocenters. The van der Waals surface area contributed by atoms with Crippen LogP contribution in [0.25, 0.3) is 6.08 Å². The van der Waals surface area contributed by atoms with Gasteiger partial charge in [-0.2, -0.15) is 0 Å². The summed E-state index contributed by atoms with van der Waals surface area (Å²) in [4.78, 5) is 28.2. The van der Waals surface area contributed by atoms with E-state index in [1.165, 1.54) is 24.2 Å². The van der Waals surface area contributed by atoms with Gasteiger partial charge in [-0.25, -0.2) is 0 Å². The van der Waals surface area contributed by atoms with E-state index in [9.17, 15) is 9.59 Å². The lowest BCUT2D eigenvalue weighted by atomic mass is 10.1. The van der Waals surface area contributed by atoms with Crippen molar-refractivity contribution in [2.24, 2.45) is 0 Å². The Kier molecular flexibility index (Phi) is 5.63. The van der Waals surface area contributed by atoms with Gasteiger partial charge in [-0.15, -0.1) is 0 Å². The number of rotatable bonds is 6. The first kappa shape index (κ1) is 17.1. The van der Waals surface area contributed by atoms with E-state index in [0.717, 1.165) is 30.7 Å². The maximum Gasteiger partial charge on any atom is 0.293 e. The van der Waals surface area contributed by atoms with Gasteiger partial charge in [-0.3, -0.25) is 14.5 Å². The van der Waals surface area contributed by atoms with Gasteiger partial charge < -0.3 is 14.1 Å². The molecule has 7 heteroatoms. The minimum Gasteiger partial charge on any atom is -0.441 e. The van der Waals surface area contributed by atoms with Crippen molar-refractivity contribution in [2.45, 2.75) is 25.7 Å². The van der Waals surface area contributed by atoms with Gasteiger partial charge in [0.2, 0.25) is 0 Å². The van der Waals surface area contributed by atoms with Crippen LogP contribution < -0.4 is 4.90 Å². The van der Waals surface area contributed by atoms with Crippen molar-refractivity contribution < 1.29 is 18.7 Å². The summed E-state index contributed by atoms with van der Waals surface area (Å²) in [7, 11) is 1.60. The van der Waals surface area contributed by atoms with E-state index in [1.54, 1.807) is 13.2 Å². The number of imide groups is 1. The zero-order valence-electron chi connectivity index (χ0n) is 13.8. The molecule has 3 heterocycles. The van der Waals surface area contributed by atoms with Crippen LogP contribution in [-0.2, 0) is 9.53 Å². The van der Waals surface area contributed by atoms with Gasteiger partial charge in [0.15, 0.2) is 5.88 Å². The van der Waals surface area contributed by atoms with E-state index in [-0.39, 0.29) is 11.1 Å². The molecule has 130 valence electrons. The fraction of sp³-hybridized carbons (Fsp3) is 0.529. The van der Waals surface area contributed by atoms with Gasteiger partial charge in [0.1, 0.15) is 5.76 Å². The number of carbonyl (C=O) groups excluding carboxylic acids is 2. The molecule has 0 spiro atoms. The van der Waals surface area contributed by atoms with Crippen molar-refractivity contribution in [1.82, 2.24) is 4.90 Å². The van der Waals surface area contributed by atoms with Crippen LogP contribution in [0.1, 0.15) is 31.4 Å². The number of furan rings is 1. The summed E-state index contributed by atoms with van der Waals surface area (Å²) in [6.07, 6.45) is 5.92. The third kappa shape index (κ3) is 3.84. The van der Waals surface area contributed by atoms with E-state index in [4.69, 9.17) is 9.15 Å². The first-order valence-electron chi connectivity index (χ1n) is 8.28. The highest BCUT2D eigenvalue weighted by atomic mass is 32.2. The lowest BCUT2D eigenvalue weighted by Gasteiger charge is -2.25. The molecule has 1 aromatic heterocycles. The molecule has 2 aliphatic rings. The first-order valence-corrected chi connectivity index (χ1v) is 9.10. The van der Waals surface area contributed by atoms with Crippen molar-refractivity contribution in [2.75, 3.05) is 38.3 Å². The largest absolute Gasteiger partial charge is 0.441 e. The smallest absolute Gasteiger partial charge is 0.293 e. The second kappa shape index (κ2) is 7.90. The molecular weight excluding hydrogens is 328 g/mol. The Bertz CT molecular complexity index is 634. The number of thioether (sulfide) groups is 1. The Morgan fingerprint density at radius 3 is 2.79 bits per heavy atom. The zero-order chi connectivity index (χ0) is 16.9. The summed E-state index contributed by atoms with van der Waals surface area (Å²) in [6.45, 7) is 2.91. The van der Waals surface area contributed by atoms with Crippen molar-refractivity contribution in [3.63, 3.8) is 0 Å². The van der Waals surface area contributed by atoms with Gasteiger partial charge in [0, 0.05) is 45.5 Å². The number of nitrogens with zero attached hydrogens (tertiary/aromatic N) is 2. The van der Waals surface area contributed by atoms with Crippen LogP contribution in [-0.4, -0.2) is 49.4 Å². The van der Waals surface area contributed by atoms with Crippen LogP contribution in [0.3, 0.4) is 0 Å². The lowest BCUT2D eigenvalue weighted by Crippen LogP contribution is -2.29. The van der Waals surface area contributed by atoms with Crippen LogP contribution >= 0.6 is 11.8 Å². The Balaban J connectivity index is 1.66. The molecule has 2 saturated heterocycles. The number of amides is 2. The van der Waals surface area contributed by atoms with Crippen LogP contribution in [0.2, 0.25) is 0 Å². The molecule has 0 aromatic carbocycles. The number of piperidine rings is 1. The lowest BCUT2D eigenvalue weighted by molar-refractivity contribution is -0.122. The fourth-order valence-electron chi connectivity index (χ4n) is 2.89. The quantitative estimate of drug-likeness (QED) is 0.579. The monoisotopic (exact) mass is 350 g/mol. The number of ether oxygens (including phenoxy) is 1. The number of hydrogen-bond acceptors (Lipinski definition) is 6. The van der Waals surface area contributed by atoms with E-state index in [2.05, 4.69) is 4.90 Å². The molecular formula is C17H22N2O4S. The average molecular weight is 350 g/mol. The van der Waals surface area contributed by atoms with Crippen molar-refractivity contribution in [3.05, 3.63) is 22.8 Å². The number of methoxy groups -OCH3 is 1. The molecule has 2 fully saturated rings. The summed E-state index contributed by atoms with van der Waals surface area (Å²) >= 11 is 0.964. The van der Waals surface area contributed by atoms with E-state index in [0.29, 0.717) is 30.2 Å².